The van der Waals surface area contributed by atoms with Gasteiger partial charge in [-0.2, -0.15) is 0 Å². The molecule has 0 aliphatic carbocycles. The van der Waals surface area contributed by atoms with Gasteiger partial charge in [-0.3, -0.25) is 4.72 Å². The van der Waals surface area contributed by atoms with Crippen molar-refractivity contribution in [2.75, 3.05) is 11.3 Å². The molecule has 1 aromatic heterocycles. The Hall–Kier alpha value is -4.11. The number of carboxylic acid groups (broad SMARTS) is 1. The van der Waals surface area contributed by atoms with Gasteiger partial charge >= 0.3 is 5.97 Å². The summed E-state index contributed by atoms with van der Waals surface area (Å²) >= 11 is 0. The molecule has 0 atom stereocenters. The molecule has 0 amide bonds. The first-order valence-electron chi connectivity index (χ1n) is 10.4. The lowest BCUT2D eigenvalue weighted by Gasteiger charge is -2.11. The van der Waals surface area contributed by atoms with Crippen LogP contribution in [0.2, 0.25) is 0 Å². The molecule has 1 heterocycles. The van der Waals surface area contributed by atoms with Gasteiger partial charge in [0.1, 0.15) is 11.5 Å². The van der Waals surface area contributed by atoms with Crippen LogP contribution in [0.1, 0.15) is 21.8 Å². The van der Waals surface area contributed by atoms with Crippen molar-refractivity contribution in [3.63, 3.8) is 0 Å². The van der Waals surface area contributed by atoms with Crippen LogP contribution < -0.4 is 9.46 Å². The zero-order valence-electron chi connectivity index (χ0n) is 18.3. The normalized spacial score (nSPS) is 11.2. The van der Waals surface area contributed by atoms with Crippen molar-refractivity contribution < 1.29 is 27.5 Å². The predicted molar refractivity (Wildman–Crippen MR) is 127 cm³/mol. The Kier molecular flexibility index (Phi) is 6.65. The lowest BCUT2D eigenvalue weighted by molar-refractivity contribution is 0.0698. The van der Waals surface area contributed by atoms with Crippen molar-refractivity contribution in [1.82, 2.24) is 4.98 Å². The van der Waals surface area contributed by atoms with Gasteiger partial charge in [0.15, 0.2) is 0 Å². The van der Waals surface area contributed by atoms with E-state index in [1.807, 2.05) is 37.3 Å². The maximum absolute atomic E-state index is 12.7. The molecule has 0 aliphatic rings. The molecule has 0 saturated carbocycles. The highest BCUT2D eigenvalue weighted by molar-refractivity contribution is 7.92. The maximum Gasteiger partial charge on any atom is 0.337 e. The van der Waals surface area contributed by atoms with Crippen molar-refractivity contribution in [1.29, 1.82) is 0 Å². The van der Waals surface area contributed by atoms with E-state index in [-0.39, 0.29) is 16.1 Å². The predicted octanol–water partition coefficient (Wildman–Crippen LogP) is 4.77. The molecule has 0 unspecified atom stereocenters. The fourth-order valence-electron chi connectivity index (χ4n) is 3.31. The molecule has 0 aliphatic heterocycles. The molecule has 0 spiro atoms. The van der Waals surface area contributed by atoms with Gasteiger partial charge in [-0.15, -0.1) is 0 Å². The van der Waals surface area contributed by atoms with E-state index >= 15 is 0 Å². The largest absolute Gasteiger partial charge is 0.493 e. The molecular formula is C25H22N2O6S. The van der Waals surface area contributed by atoms with Crippen molar-refractivity contribution in [2.24, 2.45) is 0 Å². The Morgan fingerprint density at radius 2 is 1.68 bits per heavy atom. The van der Waals surface area contributed by atoms with Crippen LogP contribution in [0.25, 0.3) is 11.5 Å². The smallest absolute Gasteiger partial charge is 0.337 e. The highest BCUT2D eigenvalue weighted by atomic mass is 32.2. The minimum Gasteiger partial charge on any atom is -0.493 e. The zero-order valence-corrected chi connectivity index (χ0v) is 19.1. The third kappa shape index (κ3) is 5.26. The standard InChI is InChI=1S/C25H22N2O6S/c1-17-22(26-24(33-17)18-7-3-2-4-8-18)15-16-32-19-11-13-20(14-12-19)34(30,31)27-23-10-6-5-9-21(23)25(28)29/h2-14,27H,15-16H2,1H3,(H,28,29). The SMILES string of the molecule is Cc1oc(-c2ccccc2)nc1CCOc1ccc(S(=O)(=O)Nc2ccccc2C(=O)O)cc1. The number of sulfonamides is 1. The first-order chi connectivity index (χ1) is 16.3. The van der Waals surface area contributed by atoms with E-state index < -0.39 is 16.0 Å². The first-order valence-corrected chi connectivity index (χ1v) is 11.9. The number of hydrogen-bond acceptors (Lipinski definition) is 6. The number of nitrogens with zero attached hydrogens (tertiary/aromatic N) is 1. The molecule has 0 fully saturated rings. The minimum atomic E-state index is -3.97. The van der Waals surface area contributed by atoms with Crippen LogP contribution >= 0.6 is 0 Å². The topological polar surface area (TPSA) is 119 Å². The average Bonchev–Trinajstić information content (AvgIpc) is 3.20. The molecule has 0 saturated heterocycles. The van der Waals surface area contributed by atoms with Gasteiger partial charge in [-0.1, -0.05) is 30.3 Å². The van der Waals surface area contributed by atoms with Crippen LogP contribution in [0, 0.1) is 6.92 Å². The molecule has 9 heteroatoms. The molecule has 0 bridgehead atoms. The third-order valence-corrected chi connectivity index (χ3v) is 6.44. The lowest BCUT2D eigenvalue weighted by Crippen LogP contribution is -2.15. The van der Waals surface area contributed by atoms with Crippen LogP contribution in [0.3, 0.4) is 0 Å². The number of carbonyl (C=O) groups is 1. The Morgan fingerprint density at radius 1 is 1.00 bits per heavy atom. The number of anilines is 1. The Bertz CT molecular complexity index is 1400. The fraction of sp³-hybridized carbons (Fsp3) is 0.120. The van der Waals surface area contributed by atoms with Crippen molar-refractivity contribution in [2.45, 2.75) is 18.2 Å². The quantitative estimate of drug-likeness (QED) is 0.356. The number of ether oxygens (including phenoxy) is 1. The molecule has 4 aromatic rings. The van der Waals surface area contributed by atoms with Crippen LogP contribution in [0.4, 0.5) is 5.69 Å². The van der Waals surface area contributed by atoms with Crippen molar-refractivity contribution in [3.05, 3.63) is 95.9 Å². The van der Waals surface area contributed by atoms with Gasteiger partial charge in [0.25, 0.3) is 10.0 Å². The summed E-state index contributed by atoms with van der Waals surface area (Å²) in [6, 6.07) is 21.3. The number of nitrogens with one attached hydrogen (secondary N) is 1. The van der Waals surface area contributed by atoms with E-state index in [0.717, 1.165) is 17.0 Å². The van der Waals surface area contributed by atoms with Gasteiger partial charge in [0, 0.05) is 12.0 Å². The first kappa shape index (κ1) is 23.1. The monoisotopic (exact) mass is 478 g/mol. The van der Waals surface area contributed by atoms with Crippen molar-refractivity contribution >= 4 is 21.7 Å². The summed E-state index contributed by atoms with van der Waals surface area (Å²) in [5, 5.41) is 9.25. The van der Waals surface area contributed by atoms with Gasteiger partial charge in [-0.25, -0.2) is 18.2 Å². The number of benzene rings is 3. The molecule has 34 heavy (non-hydrogen) atoms. The second-order valence-corrected chi connectivity index (χ2v) is 9.10. The second-order valence-electron chi connectivity index (χ2n) is 7.41. The number of aromatic nitrogens is 1. The number of hydrogen-bond donors (Lipinski definition) is 2. The Morgan fingerprint density at radius 3 is 2.38 bits per heavy atom. The van der Waals surface area contributed by atoms with Crippen LogP contribution in [-0.4, -0.2) is 31.1 Å². The summed E-state index contributed by atoms with van der Waals surface area (Å²) in [5.41, 5.74) is 1.55. The summed E-state index contributed by atoms with van der Waals surface area (Å²) in [5.74, 6) is 0.547. The Balaban J connectivity index is 1.38. The lowest BCUT2D eigenvalue weighted by atomic mass is 10.2. The second kappa shape index (κ2) is 9.80. The molecular weight excluding hydrogens is 456 g/mol. The third-order valence-electron chi connectivity index (χ3n) is 5.06. The Labute approximate surface area is 196 Å². The average molecular weight is 479 g/mol. The molecule has 4 rings (SSSR count). The summed E-state index contributed by atoms with van der Waals surface area (Å²) in [6.07, 6.45) is 0.524. The zero-order chi connectivity index (χ0) is 24.1. The van der Waals surface area contributed by atoms with Crippen LogP contribution in [0.5, 0.6) is 5.75 Å². The van der Waals surface area contributed by atoms with Gasteiger partial charge in [0.2, 0.25) is 5.89 Å². The van der Waals surface area contributed by atoms with E-state index in [1.165, 1.54) is 30.3 Å². The highest BCUT2D eigenvalue weighted by Gasteiger charge is 2.18. The number of aromatic carboxylic acids is 1. The van der Waals surface area contributed by atoms with E-state index in [4.69, 9.17) is 9.15 Å². The van der Waals surface area contributed by atoms with Crippen molar-refractivity contribution in [3.8, 4) is 17.2 Å². The minimum absolute atomic E-state index is 0.00631. The summed E-state index contributed by atoms with van der Waals surface area (Å²) in [4.78, 5) is 15.9. The van der Waals surface area contributed by atoms with E-state index in [1.54, 1.807) is 18.2 Å². The van der Waals surface area contributed by atoms with Crippen LogP contribution in [-0.2, 0) is 16.4 Å². The summed E-state index contributed by atoms with van der Waals surface area (Å²) < 4.78 is 39.2. The van der Waals surface area contributed by atoms with Gasteiger partial charge < -0.3 is 14.3 Å². The number of carboxylic acids is 1. The summed E-state index contributed by atoms with van der Waals surface area (Å²) in [6.45, 7) is 2.18. The number of rotatable bonds is 9. The molecule has 0 radical (unpaired) electrons. The maximum atomic E-state index is 12.7. The fourth-order valence-corrected chi connectivity index (χ4v) is 4.39. The number of para-hydroxylation sites is 1. The van der Waals surface area contributed by atoms with E-state index in [9.17, 15) is 18.3 Å². The molecule has 3 aromatic carbocycles. The molecule has 2 N–H and O–H groups in total. The van der Waals surface area contributed by atoms with Gasteiger partial charge in [0.05, 0.1) is 28.4 Å². The van der Waals surface area contributed by atoms with Gasteiger partial charge in [-0.05, 0) is 55.5 Å². The molecule has 174 valence electrons. The molecule has 8 nitrogen and oxygen atoms in total. The van der Waals surface area contributed by atoms with E-state index in [2.05, 4.69) is 9.71 Å². The summed E-state index contributed by atoms with van der Waals surface area (Å²) in [7, 11) is -3.97. The number of aryl methyl sites for hydroxylation is 1. The number of oxazole rings is 1. The van der Waals surface area contributed by atoms with E-state index in [0.29, 0.717) is 24.7 Å². The highest BCUT2D eigenvalue weighted by Crippen LogP contribution is 2.24. The van der Waals surface area contributed by atoms with Crippen LogP contribution in [0.15, 0.2) is 88.2 Å².